The molecule has 1 aromatic carbocycles. The first-order chi connectivity index (χ1) is 9.56. The lowest BCUT2D eigenvalue weighted by molar-refractivity contribution is 0.0919. The van der Waals surface area contributed by atoms with Gasteiger partial charge in [0.1, 0.15) is 24.3 Å². The summed E-state index contributed by atoms with van der Waals surface area (Å²) in [7, 11) is 0. The van der Waals surface area contributed by atoms with Gasteiger partial charge in [0.2, 0.25) is 0 Å². The first-order valence-electron chi connectivity index (χ1n) is 6.95. The molecule has 4 nitrogen and oxygen atoms in total. The molecule has 0 aliphatic rings. The zero-order valence-corrected chi connectivity index (χ0v) is 12.3. The molecule has 0 amide bonds. The molecule has 0 fully saturated rings. The summed E-state index contributed by atoms with van der Waals surface area (Å²) >= 11 is 0. The Bertz CT molecular complexity index is 532. The van der Waals surface area contributed by atoms with Crippen LogP contribution in [0.25, 0.3) is 0 Å². The number of aliphatic hydroxyl groups is 1. The Morgan fingerprint density at radius 1 is 1.25 bits per heavy atom. The van der Waals surface area contributed by atoms with Gasteiger partial charge in [-0.05, 0) is 30.5 Å². The zero-order valence-electron chi connectivity index (χ0n) is 12.3. The number of hydrogen-bond acceptors (Lipinski definition) is 3. The van der Waals surface area contributed by atoms with E-state index in [4.69, 9.17) is 4.74 Å². The quantitative estimate of drug-likeness (QED) is 0.881. The van der Waals surface area contributed by atoms with E-state index in [1.54, 1.807) is 6.20 Å². The van der Waals surface area contributed by atoms with Gasteiger partial charge in [-0.15, -0.1) is 0 Å². The fourth-order valence-electron chi connectivity index (χ4n) is 2.02. The molecule has 1 N–H and O–H groups in total. The molecule has 0 aliphatic carbocycles. The maximum Gasteiger partial charge on any atom is 0.119 e. The minimum atomic E-state index is -0.548. The van der Waals surface area contributed by atoms with Crippen LogP contribution in [0.2, 0.25) is 0 Å². The fraction of sp³-hybridized carbons (Fsp3) is 0.438. The Kier molecular flexibility index (Phi) is 4.79. The Morgan fingerprint density at radius 3 is 2.50 bits per heavy atom. The highest BCUT2D eigenvalue weighted by Gasteiger charge is 2.08. The van der Waals surface area contributed by atoms with E-state index < -0.39 is 6.10 Å². The van der Waals surface area contributed by atoms with E-state index in [-0.39, 0.29) is 6.61 Å². The smallest absolute Gasteiger partial charge is 0.119 e. The predicted octanol–water partition coefficient (Wildman–Crippen LogP) is 2.75. The molecular weight excluding hydrogens is 252 g/mol. The van der Waals surface area contributed by atoms with Gasteiger partial charge in [0, 0.05) is 12.4 Å². The van der Waals surface area contributed by atoms with Gasteiger partial charge in [-0.1, -0.05) is 26.0 Å². The summed E-state index contributed by atoms with van der Waals surface area (Å²) in [6.45, 7) is 7.01. The van der Waals surface area contributed by atoms with Crippen LogP contribution in [0.4, 0.5) is 0 Å². The van der Waals surface area contributed by atoms with Gasteiger partial charge in [-0.3, -0.25) is 0 Å². The summed E-state index contributed by atoms with van der Waals surface area (Å²) in [5, 5.41) is 9.98. The summed E-state index contributed by atoms with van der Waals surface area (Å²) in [4.78, 5) is 4.13. The maximum absolute atomic E-state index is 9.98. The van der Waals surface area contributed by atoms with E-state index in [0.717, 1.165) is 11.6 Å². The number of nitrogens with zero attached hydrogens (tertiary/aromatic N) is 2. The Balaban J connectivity index is 1.84. The van der Waals surface area contributed by atoms with E-state index in [1.807, 2.05) is 29.8 Å². The summed E-state index contributed by atoms with van der Waals surface area (Å²) in [5.41, 5.74) is 1.28. The van der Waals surface area contributed by atoms with E-state index in [9.17, 15) is 5.11 Å². The number of aromatic nitrogens is 2. The number of ether oxygens (including phenoxy) is 1. The van der Waals surface area contributed by atoms with E-state index >= 15 is 0 Å². The first-order valence-corrected chi connectivity index (χ1v) is 6.95. The van der Waals surface area contributed by atoms with Gasteiger partial charge < -0.3 is 14.4 Å². The molecule has 0 bridgehead atoms. The molecule has 20 heavy (non-hydrogen) atoms. The van der Waals surface area contributed by atoms with E-state index in [2.05, 4.69) is 31.0 Å². The topological polar surface area (TPSA) is 47.3 Å². The summed E-state index contributed by atoms with van der Waals surface area (Å²) < 4.78 is 7.52. The van der Waals surface area contributed by atoms with Gasteiger partial charge in [0.15, 0.2) is 0 Å². The standard InChI is InChI=1S/C16H22N2O2/c1-12(2)14-4-6-16(7-5-14)20-11-15(19)10-18-9-8-17-13(18)3/h4-9,12,15,19H,10-11H2,1-3H3. The van der Waals surface area contributed by atoms with Gasteiger partial charge in [0.05, 0.1) is 6.54 Å². The molecule has 0 aliphatic heterocycles. The molecule has 1 unspecified atom stereocenters. The summed E-state index contributed by atoms with van der Waals surface area (Å²) in [6.07, 6.45) is 3.04. The van der Waals surface area contributed by atoms with Crippen molar-refractivity contribution in [2.45, 2.75) is 39.3 Å². The average molecular weight is 274 g/mol. The van der Waals surface area contributed by atoms with Gasteiger partial charge in [-0.25, -0.2) is 4.98 Å². The van der Waals surface area contributed by atoms with Crippen molar-refractivity contribution in [1.82, 2.24) is 9.55 Å². The van der Waals surface area contributed by atoms with Crippen LogP contribution in [0.5, 0.6) is 5.75 Å². The zero-order chi connectivity index (χ0) is 14.5. The first kappa shape index (κ1) is 14.6. The Morgan fingerprint density at radius 2 is 1.95 bits per heavy atom. The van der Waals surface area contributed by atoms with Crippen LogP contribution in [0.1, 0.15) is 31.2 Å². The van der Waals surface area contributed by atoms with Crippen LogP contribution in [0.3, 0.4) is 0 Å². The minimum Gasteiger partial charge on any atom is -0.491 e. The second kappa shape index (κ2) is 6.57. The number of rotatable bonds is 6. The molecule has 2 rings (SSSR count). The van der Waals surface area contributed by atoms with Crippen molar-refractivity contribution >= 4 is 0 Å². The van der Waals surface area contributed by atoms with Crippen LogP contribution in [0, 0.1) is 6.92 Å². The molecule has 1 heterocycles. The lowest BCUT2D eigenvalue weighted by Crippen LogP contribution is -2.23. The molecular formula is C16H22N2O2. The van der Waals surface area contributed by atoms with Crippen LogP contribution in [-0.4, -0.2) is 27.4 Å². The number of imidazole rings is 1. The molecule has 2 aromatic rings. The monoisotopic (exact) mass is 274 g/mol. The summed E-state index contributed by atoms with van der Waals surface area (Å²) in [5.74, 6) is 2.19. The van der Waals surface area contributed by atoms with Crippen LogP contribution >= 0.6 is 0 Å². The largest absolute Gasteiger partial charge is 0.491 e. The lowest BCUT2D eigenvalue weighted by Gasteiger charge is -2.14. The van der Waals surface area contributed by atoms with Crippen molar-refractivity contribution in [2.24, 2.45) is 0 Å². The predicted molar refractivity (Wildman–Crippen MR) is 79.0 cm³/mol. The third-order valence-electron chi connectivity index (χ3n) is 3.32. The molecule has 0 saturated carbocycles. The molecule has 0 saturated heterocycles. The third kappa shape index (κ3) is 3.84. The van der Waals surface area contributed by atoms with Gasteiger partial charge in [-0.2, -0.15) is 0 Å². The van der Waals surface area contributed by atoms with Crippen molar-refractivity contribution in [3.8, 4) is 5.75 Å². The van der Waals surface area contributed by atoms with Gasteiger partial charge >= 0.3 is 0 Å². The van der Waals surface area contributed by atoms with Crippen molar-refractivity contribution in [3.05, 3.63) is 48.0 Å². The highest BCUT2D eigenvalue weighted by atomic mass is 16.5. The Labute approximate surface area is 120 Å². The van der Waals surface area contributed by atoms with Crippen molar-refractivity contribution < 1.29 is 9.84 Å². The number of aliphatic hydroxyl groups excluding tert-OH is 1. The summed E-state index contributed by atoms with van der Waals surface area (Å²) in [6, 6.07) is 8.02. The SMILES string of the molecule is Cc1nccn1CC(O)COc1ccc(C(C)C)cc1. The molecule has 4 heteroatoms. The van der Waals surface area contributed by atoms with E-state index in [0.29, 0.717) is 12.5 Å². The molecule has 1 atom stereocenters. The normalized spacial score (nSPS) is 12.7. The molecule has 1 aromatic heterocycles. The second-order valence-electron chi connectivity index (χ2n) is 5.32. The lowest BCUT2D eigenvalue weighted by atomic mass is 10.0. The number of aryl methyl sites for hydroxylation is 1. The highest BCUT2D eigenvalue weighted by Crippen LogP contribution is 2.18. The van der Waals surface area contributed by atoms with E-state index in [1.165, 1.54) is 5.56 Å². The van der Waals surface area contributed by atoms with Crippen LogP contribution < -0.4 is 4.74 Å². The maximum atomic E-state index is 9.98. The average Bonchev–Trinajstić information content (AvgIpc) is 2.82. The molecule has 108 valence electrons. The highest BCUT2D eigenvalue weighted by molar-refractivity contribution is 5.28. The molecule has 0 spiro atoms. The Hall–Kier alpha value is -1.81. The van der Waals surface area contributed by atoms with Crippen molar-refractivity contribution in [1.29, 1.82) is 0 Å². The van der Waals surface area contributed by atoms with Crippen LogP contribution in [0.15, 0.2) is 36.7 Å². The molecule has 0 radical (unpaired) electrons. The second-order valence-corrected chi connectivity index (χ2v) is 5.32. The minimum absolute atomic E-state index is 0.276. The van der Waals surface area contributed by atoms with Crippen LogP contribution in [-0.2, 0) is 6.54 Å². The number of hydrogen-bond donors (Lipinski definition) is 1. The van der Waals surface area contributed by atoms with Gasteiger partial charge in [0.25, 0.3) is 0 Å². The third-order valence-corrected chi connectivity index (χ3v) is 3.32. The number of benzene rings is 1. The van der Waals surface area contributed by atoms with Crippen molar-refractivity contribution in [2.75, 3.05) is 6.61 Å². The fourth-order valence-corrected chi connectivity index (χ4v) is 2.02. The van der Waals surface area contributed by atoms with Crippen molar-refractivity contribution in [3.63, 3.8) is 0 Å².